The Morgan fingerprint density at radius 1 is 1.33 bits per heavy atom. The molecule has 1 N–H and O–H groups in total. The highest BCUT2D eigenvalue weighted by molar-refractivity contribution is 5.80. The van der Waals surface area contributed by atoms with Crippen molar-refractivity contribution in [2.75, 3.05) is 40.8 Å². The Morgan fingerprint density at radius 2 is 2.07 bits per heavy atom. The fourth-order valence-electron chi connectivity index (χ4n) is 3.78. The number of nitrogens with one attached hydrogen (secondary N) is 1. The van der Waals surface area contributed by atoms with Crippen LogP contribution in [-0.2, 0) is 7.05 Å². The number of aliphatic imine (C=N–C) groups is 1. The third-order valence-electron chi connectivity index (χ3n) is 5.43. The first-order valence-electron chi connectivity index (χ1n) is 9.65. The summed E-state index contributed by atoms with van der Waals surface area (Å²) in [6.07, 6.45) is 5.26. The molecule has 0 amide bonds. The van der Waals surface area contributed by atoms with Gasteiger partial charge >= 0.3 is 0 Å². The van der Waals surface area contributed by atoms with Gasteiger partial charge in [-0.1, -0.05) is 29.8 Å². The van der Waals surface area contributed by atoms with Gasteiger partial charge < -0.3 is 15.1 Å². The van der Waals surface area contributed by atoms with Gasteiger partial charge in [0.2, 0.25) is 0 Å². The fourth-order valence-corrected chi connectivity index (χ4v) is 3.78. The van der Waals surface area contributed by atoms with Crippen LogP contribution in [0.3, 0.4) is 0 Å². The molecule has 1 aliphatic heterocycles. The highest BCUT2D eigenvalue weighted by atomic mass is 15.3. The van der Waals surface area contributed by atoms with Crippen LogP contribution in [0.1, 0.15) is 35.1 Å². The molecule has 0 radical (unpaired) electrons. The second-order valence-corrected chi connectivity index (χ2v) is 7.70. The van der Waals surface area contributed by atoms with E-state index in [1.54, 1.807) is 0 Å². The Kier molecular flexibility index (Phi) is 6.16. The number of aromatic nitrogens is 2. The van der Waals surface area contributed by atoms with E-state index in [1.165, 1.54) is 16.7 Å². The van der Waals surface area contributed by atoms with Gasteiger partial charge in [-0.15, -0.1) is 0 Å². The molecule has 146 valence electrons. The maximum atomic E-state index is 4.53. The topological polar surface area (TPSA) is 48.7 Å². The molecule has 2 unspecified atom stereocenters. The summed E-state index contributed by atoms with van der Waals surface area (Å²) in [5, 5.41) is 7.91. The smallest absolute Gasteiger partial charge is 0.193 e. The van der Waals surface area contributed by atoms with Crippen LogP contribution in [0.15, 0.2) is 41.7 Å². The quantitative estimate of drug-likeness (QED) is 0.650. The first kappa shape index (κ1) is 19.4. The summed E-state index contributed by atoms with van der Waals surface area (Å²) in [7, 11) is 8.10. The zero-order chi connectivity index (χ0) is 19.4. The maximum Gasteiger partial charge on any atom is 0.193 e. The predicted octanol–water partition coefficient (Wildman–Crippen LogP) is 2.40. The molecule has 1 aliphatic rings. The number of aryl methyl sites for hydroxylation is 2. The maximum absolute atomic E-state index is 4.53. The summed E-state index contributed by atoms with van der Waals surface area (Å²) < 4.78 is 1.88. The minimum Gasteiger partial charge on any atom is -0.354 e. The number of likely N-dealkylation sites (tertiary alicyclic amines) is 1. The molecule has 0 aliphatic carbocycles. The van der Waals surface area contributed by atoms with Crippen LogP contribution < -0.4 is 5.32 Å². The van der Waals surface area contributed by atoms with Crippen LogP contribution in [0, 0.1) is 6.92 Å². The minimum atomic E-state index is 0.305. The minimum absolute atomic E-state index is 0.305. The average Bonchev–Trinajstić information content (AvgIpc) is 3.29. The van der Waals surface area contributed by atoms with Crippen LogP contribution in [0.4, 0.5) is 0 Å². The Balaban J connectivity index is 1.62. The third kappa shape index (κ3) is 4.69. The summed E-state index contributed by atoms with van der Waals surface area (Å²) in [6.45, 7) is 4.97. The molecule has 0 bridgehead atoms. The van der Waals surface area contributed by atoms with E-state index < -0.39 is 0 Å². The Hall–Kier alpha value is -2.34. The number of rotatable bonds is 5. The van der Waals surface area contributed by atoms with Crippen molar-refractivity contribution in [3.8, 4) is 0 Å². The van der Waals surface area contributed by atoms with E-state index in [1.807, 2.05) is 25.0 Å². The average molecular weight is 369 g/mol. The largest absolute Gasteiger partial charge is 0.354 e. The van der Waals surface area contributed by atoms with Gasteiger partial charge in [-0.05, 0) is 38.6 Å². The van der Waals surface area contributed by atoms with Crippen molar-refractivity contribution in [1.29, 1.82) is 0 Å². The molecule has 1 fully saturated rings. The lowest BCUT2D eigenvalue weighted by molar-refractivity contribution is 0.295. The Bertz CT molecular complexity index is 761. The second kappa shape index (κ2) is 8.57. The Morgan fingerprint density at radius 3 is 2.67 bits per heavy atom. The SMILES string of the molecule is CN=C(NCC(c1ccc(C)cc1)N(C)C)N1CCC(c2cnn(C)c2)C1. The molecule has 2 atom stereocenters. The normalized spacial score (nSPS) is 19.0. The molecule has 6 heteroatoms. The molecular formula is C21H32N6. The summed E-state index contributed by atoms with van der Waals surface area (Å²) >= 11 is 0. The van der Waals surface area contributed by atoms with E-state index >= 15 is 0 Å². The highest BCUT2D eigenvalue weighted by Gasteiger charge is 2.27. The van der Waals surface area contributed by atoms with Crippen molar-refractivity contribution in [3.63, 3.8) is 0 Å². The van der Waals surface area contributed by atoms with Crippen molar-refractivity contribution < 1.29 is 0 Å². The van der Waals surface area contributed by atoms with Gasteiger partial charge in [0.15, 0.2) is 5.96 Å². The first-order chi connectivity index (χ1) is 13.0. The van der Waals surface area contributed by atoms with Gasteiger partial charge in [0.1, 0.15) is 0 Å². The molecule has 27 heavy (non-hydrogen) atoms. The van der Waals surface area contributed by atoms with Gasteiger partial charge in [0, 0.05) is 45.8 Å². The number of likely N-dealkylation sites (N-methyl/N-ethyl adjacent to an activating group) is 1. The van der Waals surface area contributed by atoms with Crippen LogP contribution >= 0.6 is 0 Å². The van der Waals surface area contributed by atoms with Crippen LogP contribution in [0.2, 0.25) is 0 Å². The predicted molar refractivity (Wildman–Crippen MR) is 111 cm³/mol. The van der Waals surface area contributed by atoms with Gasteiger partial charge in [-0.3, -0.25) is 9.67 Å². The van der Waals surface area contributed by atoms with Gasteiger partial charge in [0.05, 0.1) is 12.2 Å². The van der Waals surface area contributed by atoms with Crippen LogP contribution in [0.5, 0.6) is 0 Å². The van der Waals surface area contributed by atoms with E-state index in [0.717, 1.165) is 32.0 Å². The molecule has 1 aromatic heterocycles. The van der Waals surface area contributed by atoms with Crippen molar-refractivity contribution in [3.05, 3.63) is 53.3 Å². The third-order valence-corrected chi connectivity index (χ3v) is 5.43. The molecule has 2 heterocycles. The molecule has 0 saturated carbocycles. The van der Waals surface area contributed by atoms with E-state index in [0.29, 0.717) is 12.0 Å². The summed E-state index contributed by atoms with van der Waals surface area (Å²) in [5.74, 6) is 1.51. The van der Waals surface area contributed by atoms with Crippen molar-refractivity contribution in [2.24, 2.45) is 12.0 Å². The lowest BCUT2D eigenvalue weighted by atomic mass is 10.0. The molecular weight excluding hydrogens is 336 g/mol. The van der Waals surface area contributed by atoms with Crippen LogP contribution in [0.25, 0.3) is 0 Å². The fraction of sp³-hybridized carbons (Fsp3) is 0.524. The summed E-state index contributed by atoms with van der Waals surface area (Å²) in [5.41, 5.74) is 3.93. The van der Waals surface area contributed by atoms with E-state index in [9.17, 15) is 0 Å². The zero-order valence-corrected chi connectivity index (χ0v) is 17.2. The molecule has 1 aromatic carbocycles. The molecule has 6 nitrogen and oxygen atoms in total. The lowest BCUT2D eigenvalue weighted by Gasteiger charge is -2.28. The number of hydrogen-bond acceptors (Lipinski definition) is 3. The molecule has 0 spiro atoms. The van der Waals surface area contributed by atoms with Gasteiger partial charge in [-0.2, -0.15) is 5.10 Å². The number of benzene rings is 1. The standard InChI is InChI=1S/C21H32N6/c1-16-6-8-17(9-7-16)20(25(3)4)13-23-21(22-2)27-11-10-18(15-27)19-12-24-26(5)14-19/h6-9,12,14,18,20H,10-11,13,15H2,1-5H3,(H,22,23). The van der Waals surface area contributed by atoms with E-state index in [2.05, 4.69) is 76.7 Å². The number of nitrogens with zero attached hydrogens (tertiary/aromatic N) is 5. The number of guanidine groups is 1. The number of hydrogen-bond donors (Lipinski definition) is 1. The van der Waals surface area contributed by atoms with Crippen molar-refractivity contribution >= 4 is 5.96 Å². The van der Waals surface area contributed by atoms with Crippen LogP contribution in [-0.4, -0.2) is 66.3 Å². The van der Waals surface area contributed by atoms with Crippen molar-refractivity contribution in [1.82, 2.24) is 24.9 Å². The van der Waals surface area contributed by atoms with Gasteiger partial charge in [-0.25, -0.2) is 0 Å². The van der Waals surface area contributed by atoms with Crippen molar-refractivity contribution in [2.45, 2.75) is 25.3 Å². The molecule has 2 aromatic rings. The lowest BCUT2D eigenvalue weighted by Crippen LogP contribution is -2.43. The first-order valence-corrected chi connectivity index (χ1v) is 9.65. The monoisotopic (exact) mass is 368 g/mol. The summed E-state index contributed by atoms with van der Waals surface area (Å²) in [4.78, 5) is 9.15. The zero-order valence-electron chi connectivity index (χ0n) is 17.2. The summed E-state index contributed by atoms with van der Waals surface area (Å²) in [6, 6.07) is 9.11. The van der Waals surface area contributed by atoms with E-state index in [-0.39, 0.29) is 0 Å². The molecule has 1 saturated heterocycles. The van der Waals surface area contributed by atoms with Gasteiger partial charge in [0.25, 0.3) is 0 Å². The molecule has 3 rings (SSSR count). The highest BCUT2D eigenvalue weighted by Crippen LogP contribution is 2.27. The Labute approximate surface area is 162 Å². The second-order valence-electron chi connectivity index (χ2n) is 7.70. The van der Waals surface area contributed by atoms with E-state index in [4.69, 9.17) is 0 Å².